The second kappa shape index (κ2) is 8.70. The van der Waals surface area contributed by atoms with Gasteiger partial charge in [0.25, 0.3) is 5.91 Å². The molecule has 37 heavy (non-hydrogen) atoms. The number of hydrogen-bond donors (Lipinski definition) is 2. The van der Waals surface area contributed by atoms with Crippen LogP contribution in [0.2, 0.25) is 0 Å². The van der Waals surface area contributed by atoms with Gasteiger partial charge in [-0.3, -0.25) is 14.4 Å². The lowest BCUT2D eigenvalue weighted by Gasteiger charge is -2.36. The van der Waals surface area contributed by atoms with E-state index in [1.54, 1.807) is 11.0 Å². The molecule has 2 aromatic carbocycles. The number of hydrogen-bond acceptors (Lipinski definition) is 8. The summed E-state index contributed by atoms with van der Waals surface area (Å²) in [5, 5.41) is 5.13. The molecular weight excluding hydrogens is 478 g/mol. The molecule has 0 saturated heterocycles. The van der Waals surface area contributed by atoms with E-state index in [1.165, 1.54) is 18.9 Å². The van der Waals surface area contributed by atoms with Gasteiger partial charge in [0.15, 0.2) is 17.5 Å². The average molecular weight is 506 g/mol. The van der Waals surface area contributed by atoms with Gasteiger partial charge in [-0.15, -0.1) is 0 Å². The van der Waals surface area contributed by atoms with Crippen LogP contribution in [0.25, 0.3) is 10.9 Å². The van der Waals surface area contributed by atoms with Crippen LogP contribution in [-0.2, 0) is 32.2 Å². The Bertz CT molecular complexity index is 1460. The summed E-state index contributed by atoms with van der Waals surface area (Å²) in [5.41, 5.74) is 10.00. The van der Waals surface area contributed by atoms with Gasteiger partial charge in [-0.2, -0.15) is 5.06 Å². The maximum atomic E-state index is 13.7. The van der Waals surface area contributed by atoms with Gasteiger partial charge >= 0.3 is 5.97 Å². The van der Waals surface area contributed by atoms with Crippen molar-refractivity contribution in [3.8, 4) is 11.5 Å². The van der Waals surface area contributed by atoms with Crippen LogP contribution < -0.4 is 30.5 Å². The number of rotatable bonds is 5. The number of nitrogens with one attached hydrogen (secondary N) is 1. The number of fused-ring (bicyclic) bond motifs is 4. The van der Waals surface area contributed by atoms with E-state index in [4.69, 9.17) is 20.0 Å². The van der Waals surface area contributed by atoms with Crippen molar-refractivity contribution in [2.45, 2.75) is 39.3 Å². The predicted molar refractivity (Wildman–Crippen MR) is 136 cm³/mol. The molecule has 3 aliphatic heterocycles. The SMILES string of the molecule is CC(=O)ON1c2cc3c(cc2NC(=O)C1c1cn(CCCN)c2cc4c(cc12)OCO4)N(C(C)=O)CC3. The monoisotopic (exact) mass is 505 g/mol. The van der Waals surface area contributed by atoms with Crippen LogP contribution in [0.5, 0.6) is 11.5 Å². The molecule has 1 aromatic heterocycles. The minimum absolute atomic E-state index is 0.0698. The van der Waals surface area contributed by atoms with Crippen molar-refractivity contribution in [1.82, 2.24) is 4.57 Å². The molecular formula is C26H27N5O6. The fraction of sp³-hybridized carbons (Fsp3) is 0.346. The van der Waals surface area contributed by atoms with Gasteiger partial charge in [-0.25, -0.2) is 0 Å². The number of hydroxylamine groups is 1. The molecule has 3 aromatic rings. The smallest absolute Gasteiger partial charge is 0.329 e. The summed E-state index contributed by atoms with van der Waals surface area (Å²) in [6.07, 6.45) is 3.30. The molecule has 11 heteroatoms. The number of amides is 2. The molecule has 3 aliphatic rings. The van der Waals surface area contributed by atoms with Crippen molar-refractivity contribution < 1.29 is 28.7 Å². The third kappa shape index (κ3) is 3.73. The normalized spacial score (nSPS) is 17.6. The van der Waals surface area contributed by atoms with Gasteiger partial charge in [-0.05, 0) is 43.1 Å². The summed E-state index contributed by atoms with van der Waals surface area (Å²) < 4.78 is 13.2. The Morgan fingerprint density at radius 1 is 1.14 bits per heavy atom. The molecule has 1 atom stereocenters. The summed E-state index contributed by atoms with van der Waals surface area (Å²) in [6, 6.07) is 6.44. The molecule has 192 valence electrons. The highest BCUT2D eigenvalue weighted by Gasteiger charge is 2.40. The summed E-state index contributed by atoms with van der Waals surface area (Å²) in [7, 11) is 0. The Kier molecular flexibility index (Phi) is 5.45. The van der Waals surface area contributed by atoms with Crippen molar-refractivity contribution in [2.75, 3.05) is 35.2 Å². The lowest BCUT2D eigenvalue weighted by molar-refractivity contribution is -0.144. The Balaban J connectivity index is 1.51. The number of carbonyl (C=O) groups excluding carboxylic acids is 3. The molecule has 0 fully saturated rings. The highest BCUT2D eigenvalue weighted by Crippen LogP contribution is 2.47. The second-order valence-electron chi connectivity index (χ2n) is 9.36. The number of ether oxygens (including phenoxy) is 2. The van der Waals surface area contributed by atoms with E-state index in [-0.39, 0.29) is 18.6 Å². The van der Waals surface area contributed by atoms with Crippen molar-refractivity contribution in [3.63, 3.8) is 0 Å². The quantitative estimate of drug-likeness (QED) is 0.542. The Morgan fingerprint density at radius 2 is 1.92 bits per heavy atom. The van der Waals surface area contributed by atoms with E-state index in [2.05, 4.69) is 5.32 Å². The van der Waals surface area contributed by atoms with E-state index in [0.29, 0.717) is 54.5 Å². The van der Waals surface area contributed by atoms with E-state index in [0.717, 1.165) is 28.6 Å². The van der Waals surface area contributed by atoms with Gasteiger partial charge in [0, 0.05) is 55.8 Å². The first kappa shape index (κ1) is 23.2. The van der Waals surface area contributed by atoms with Crippen LogP contribution in [-0.4, -0.2) is 42.2 Å². The Hall–Kier alpha value is -4.25. The summed E-state index contributed by atoms with van der Waals surface area (Å²) in [4.78, 5) is 45.4. The second-order valence-corrected chi connectivity index (χ2v) is 9.36. The highest BCUT2D eigenvalue weighted by molar-refractivity contribution is 6.08. The first-order valence-corrected chi connectivity index (χ1v) is 12.2. The summed E-state index contributed by atoms with van der Waals surface area (Å²) >= 11 is 0. The first-order valence-electron chi connectivity index (χ1n) is 12.2. The highest BCUT2D eigenvalue weighted by atomic mass is 16.7. The van der Waals surface area contributed by atoms with Gasteiger partial charge in [-0.1, -0.05) is 0 Å². The lowest BCUT2D eigenvalue weighted by atomic mass is 9.99. The van der Waals surface area contributed by atoms with Gasteiger partial charge in [0.2, 0.25) is 12.7 Å². The molecule has 0 radical (unpaired) electrons. The molecule has 0 bridgehead atoms. The van der Waals surface area contributed by atoms with Crippen molar-refractivity contribution in [2.24, 2.45) is 5.73 Å². The number of aromatic nitrogens is 1. The number of nitrogens with zero attached hydrogens (tertiary/aromatic N) is 3. The topological polar surface area (TPSA) is 128 Å². The van der Waals surface area contributed by atoms with Crippen LogP contribution in [0.3, 0.4) is 0 Å². The zero-order chi connectivity index (χ0) is 25.8. The zero-order valence-electron chi connectivity index (χ0n) is 20.6. The van der Waals surface area contributed by atoms with Gasteiger partial charge < -0.3 is 34.8 Å². The maximum absolute atomic E-state index is 13.7. The van der Waals surface area contributed by atoms with E-state index in [9.17, 15) is 14.4 Å². The van der Waals surface area contributed by atoms with E-state index >= 15 is 0 Å². The lowest BCUT2D eigenvalue weighted by Crippen LogP contribution is -2.42. The summed E-state index contributed by atoms with van der Waals surface area (Å²) in [6.45, 7) is 4.65. The van der Waals surface area contributed by atoms with Gasteiger partial charge in [0.05, 0.1) is 11.2 Å². The average Bonchev–Trinajstić information content (AvgIpc) is 3.57. The number of carbonyl (C=O) groups is 3. The fourth-order valence-electron chi connectivity index (χ4n) is 5.36. The van der Waals surface area contributed by atoms with Crippen molar-refractivity contribution in [3.05, 3.63) is 41.6 Å². The van der Waals surface area contributed by atoms with Crippen molar-refractivity contribution >= 4 is 45.7 Å². The minimum Gasteiger partial charge on any atom is -0.454 e. The Labute approximate surface area is 212 Å². The van der Waals surface area contributed by atoms with Crippen LogP contribution >= 0.6 is 0 Å². The number of benzene rings is 2. The van der Waals surface area contributed by atoms with E-state index in [1.807, 2.05) is 29.0 Å². The molecule has 0 spiro atoms. The van der Waals surface area contributed by atoms with Crippen LogP contribution in [0.15, 0.2) is 30.5 Å². The van der Waals surface area contributed by atoms with Crippen LogP contribution in [0, 0.1) is 0 Å². The van der Waals surface area contributed by atoms with Gasteiger partial charge in [0.1, 0.15) is 5.69 Å². The molecule has 6 rings (SSSR count). The third-order valence-electron chi connectivity index (χ3n) is 6.98. The molecule has 0 saturated carbocycles. The van der Waals surface area contributed by atoms with Crippen molar-refractivity contribution in [1.29, 1.82) is 0 Å². The zero-order valence-corrected chi connectivity index (χ0v) is 20.6. The van der Waals surface area contributed by atoms with E-state index < -0.39 is 12.0 Å². The summed E-state index contributed by atoms with van der Waals surface area (Å²) in [5.74, 6) is 0.229. The molecule has 11 nitrogen and oxygen atoms in total. The standard InChI is InChI=1S/C26H27N5O6/c1-14(32)30-7-4-16-8-22-19(10-20(16)30)28-26(34)25(31(22)37-15(2)33)18-12-29(6-3-5-27)21-11-24-23(9-17(18)21)35-13-36-24/h8-12,25H,3-7,13,27H2,1-2H3,(H,28,34). The molecule has 2 amide bonds. The molecule has 4 heterocycles. The number of nitrogens with two attached hydrogens (primary N) is 1. The third-order valence-corrected chi connectivity index (χ3v) is 6.98. The van der Waals surface area contributed by atoms with Crippen LogP contribution in [0.1, 0.15) is 37.4 Å². The molecule has 0 aliphatic carbocycles. The van der Waals surface area contributed by atoms with Crippen LogP contribution in [0.4, 0.5) is 17.1 Å². The number of anilines is 3. The minimum atomic E-state index is -0.957. The predicted octanol–water partition coefficient (Wildman–Crippen LogP) is 2.61. The maximum Gasteiger partial charge on any atom is 0.329 e. The Morgan fingerprint density at radius 3 is 2.65 bits per heavy atom. The number of aryl methyl sites for hydroxylation is 1. The fourth-order valence-corrected chi connectivity index (χ4v) is 5.36. The first-order chi connectivity index (χ1) is 17.9. The molecule has 1 unspecified atom stereocenters. The molecule has 3 N–H and O–H groups in total. The largest absolute Gasteiger partial charge is 0.454 e.